The molecule has 0 saturated carbocycles. The van der Waals surface area contributed by atoms with Gasteiger partial charge in [-0.15, -0.1) is 0 Å². The van der Waals surface area contributed by atoms with Gasteiger partial charge in [-0.2, -0.15) is 0 Å². The molecule has 0 fully saturated rings. The van der Waals surface area contributed by atoms with Crippen LogP contribution in [0.15, 0.2) is 66.7 Å². The van der Waals surface area contributed by atoms with E-state index < -0.39 is 0 Å². The van der Waals surface area contributed by atoms with Gasteiger partial charge in [0.15, 0.2) is 0 Å². The highest BCUT2D eigenvalue weighted by Crippen LogP contribution is 2.26. The van der Waals surface area contributed by atoms with Crippen LogP contribution in [0, 0.1) is 5.82 Å². The molecule has 0 aliphatic carbocycles. The summed E-state index contributed by atoms with van der Waals surface area (Å²) in [4.78, 5) is 0. The van der Waals surface area contributed by atoms with E-state index in [0.29, 0.717) is 12.1 Å². The third-order valence-corrected chi connectivity index (χ3v) is 4.66. The number of hydrogen-bond donors (Lipinski definition) is 1. The summed E-state index contributed by atoms with van der Waals surface area (Å²) in [6.07, 6.45) is 0. The standard InChI is InChI=1S/C23H24FNO2/c1-16(18-5-9-20(26-2)10-6-18)25-15-17-4-13-23(24)22(14-17)19-7-11-21(27-3)12-8-19/h4-14,16,25H,15H2,1-3H3. The van der Waals surface area contributed by atoms with Crippen molar-refractivity contribution in [1.29, 1.82) is 0 Å². The van der Waals surface area contributed by atoms with E-state index in [2.05, 4.69) is 12.2 Å². The largest absolute Gasteiger partial charge is 0.497 e. The Balaban J connectivity index is 1.71. The van der Waals surface area contributed by atoms with Crippen LogP contribution in [0.4, 0.5) is 4.39 Å². The van der Waals surface area contributed by atoms with Gasteiger partial charge < -0.3 is 14.8 Å². The first-order valence-corrected chi connectivity index (χ1v) is 8.91. The van der Waals surface area contributed by atoms with Gasteiger partial charge >= 0.3 is 0 Å². The number of rotatable bonds is 7. The van der Waals surface area contributed by atoms with E-state index >= 15 is 0 Å². The molecule has 1 atom stereocenters. The molecular weight excluding hydrogens is 341 g/mol. The normalized spacial score (nSPS) is 11.9. The highest BCUT2D eigenvalue weighted by Gasteiger charge is 2.09. The number of nitrogens with one attached hydrogen (secondary N) is 1. The van der Waals surface area contributed by atoms with Crippen LogP contribution in [0.1, 0.15) is 24.1 Å². The van der Waals surface area contributed by atoms with E-state index in [-0.39, 0.29) is 11.9 Å². The number of methoxy groups -OCH3 is 2. The summed E-state index contributed by atoms with van der Waals surface area (Å²) in [7, 11) is 3.28. The fourth-order valence-electron chi connectivity index (χ4n) is 2.96. The van der Waals surface area contributed by atoms with Gasteiger partial charge in [0, 0.05) is 18.2 Å². The monoisotopic (exact) mass is 365 g/mol. The lowest BCUT2D eigenvalue weighted by Gasteiger charge is -2.15. The van der Waals surface area contributed by atoms with E-state index in [1.165, 1.54) is 11.6 Å². The SMILES string of the molecule is COc1ccc(-c2cc(CNC(C)c3ccc(OC)cc3)ccc2F)cc1. The van der Waals surface area contributed by atoms with Crippen LogP contribution in [0.5, 0.6) is 11.5 Å². The van der Waals surface area contributed by atoms with Gasteiger partial charge in [0.25, 0.3) is 0 Å². The second kappa shape index (κ2) is 8.69. The topological polar surface area (TPSA) is 30.5 Å². The second-order valence-corrected chi connectivity index (χ2v) is 6.42. The van der Waals surface area contributed by atoms with Crippen LogP contribution < -0.4 is 14.8 Å². The highest BCUT2D eigenvalue weighted by atomic mass is 19.1. The maximum Gasteiger partial charge on any atom is 0.131 e. The molecule has 3 aromatic carbocycles. The zero-order chi connectivity index (χ0) is 19.2. The summed E-state index contributed by atoms with van der Waals surface area (Å²) in [6.45, 7) is 2.76. The van der Waals surface area contributed by atoms with Crippen molar-refractivity contribution >= 4 is 0 Å². The Bertz CT molecular complexity index is 876. The Labute approximate surface area is 159 Å². The smallest absolute Gasteiger partial charge is 0.131 e. The van der Waals surface area contributed by atoms with E-state index in [1.807, 2.05) is 60.7 Å². The van der Waals surface area contributed by atoms with Crippen molar-refractivity contribution in [1.82, 2.24) is 5.32 Å². The Kier molecular flexibility index (Phi) is 6.09. The Morgan fingerprint density at radius 3 is 2.04 bits per heavy atom. The van der Waals surface area contributed by atoms with E-state index in [4.69, 9.17) is 9.47 Å². The molecule has 0 saturated heterocycles. The van der Waals surface area contributed by atoms with Crippen molar-refractivity contribution in [2.24, 2.45) is 0 Å². The van der Waals surface area contributed by atoms with Gasteiger partial charge in [-0.3, -0.25) is 0 Å². The zero-order valence-electron chi connectivity index (χ0n) is 15.8. The summed E-state index contributed by atoms with van der Waals surface area (Å²) < 4.78 is 24.7. The van der Waals surface area contributed by atoms with Crippen molar-refractivity contribution < 1.29 is 13.9 Å². The average Bonchev–Trinajstić information content (AvgIpc) is 2.73. The minimum absolute atomic E-state index is 0.172. The maximum absolute atomic E-state index is 14.3. The molecule has 0 heterocycles. The minimum Gasteiger partial charge on any atom is -0.497 e. The first-order chi connectivity index (χ1) is 13.1. The Hall–Kier alpha value is -2.85. The average molecular weight is 365 g/mol. The number of ether oxygens (including phenoxy) is 2. The molecule has 27 heavy (non-hydrogen) atoms. The van der Waals surface area contributed by atoms with Crippen LogP contribution in [-0.2, 0) is 6.54 Å². The maximum atomic E-state index is 14.3. The quantitative estimate of drug-likeness (QED) is 0.611. The van der Waals surface area contributed by atoms with Crippen LogP contribution in [0.25, 0.3) is 11.1 Å². The van der Waals surface area contributed by atoms with Gasteiger partial charge in [-0.1, -0.05) is 30.3 Å². The minimum atomic E-state index is -0.230. The first-order valence-electron chi connectivity index (χ1n) is 8.91. The predicted octanol–water partition coefficient (Wildman–Crippen LogP) is 5.36. The molecule has 0 bridgehead atoms. The third kappa shape index (κ3) is 4.66. The lowest BCUT2D eigenvalue weighted by molar-refractivity contribution is 0.414. The summed E-state index contributed by atoms with van der Waals surface area (Å²) in [5.74, 6) is 1.37. The predicted molar refractivity (Wildman–Crippen MR) is 107 cm³/mol. The molecule has 0 amide bonds. The molecule has 0 spiro atoms. The van der Waals surface area contributed by atoms with E-state index in [0.717, 1.165) is 22.6 Å². The fraction of sp³-hybridized carbons (Fsp3) is 0.217. The molecule has 3 rings (SSSR count). The van der Waals surface area contributed by atoms with Crippen molar-refractivity contribution in [2.75, 3.05) is 14.2 Å². The van der Waals surface area contributed by atoms with Gasteiger partial charge in [-0.05, 0) is 60.0 Å². The fourth-order valence-corrected chi connectivity index (χ4v) is 2.96. The van der Waals surface area contributed by atoms with Crippen LogP contribution in [0.3, 0.4) is 0 Å². The van der Waals surface area contributed by atoms with Crippen molar-refractivity contribution in [3.8, 4) is 22.6 Å². The molecule has 0 aliphatic rings. The van der Waals surface area contributed by atoms with E-state index in [9.17, 15) is 4.39 Å². The van der Waals surface area contributed by atoms with Gasteiger partial charge in [0.1, 0.15) is 17.3 Å². The Morgan fingerprint density at radius 2 is 1.44 bits per heavy atom. The first kappa shape index (κ1) is 18.9. The van der Waals surface area contributed by atoms with Crippen molar-refractivity contribution in [3.63, 3.8) is 0 Å². The molecule has 0 aliphatic heterocycles. The zero-order valence-corrected chi connectivity index (χ0v) is 15.8. The lowest BCUT2D eigenvalue weighted by atomic mass is 10.0. The van der Waals surface area contributed by atoms with Gasteiger partial charge in [-0.25, -0.2) is 4.39 Å². The Morgan fingerprint density at radius 1 is 0.852 bits per heavy atom. The molecule has 4 heteroatoms. The van der Waals surface area contributed by atoms with Crippen LogP contribution >= 0.6 is 0 Å². The number of halogens is 1. The van der Waals surface area contributed by atoms with Crippen molar-refractivity contribution in [3.05, 3.63) is 83.7 Å². The van der Waals surface area contributed by atoms with Crippen LogP contribution in [0.2, 0.25) is 0 Å². The molecule has 1 unspecified atom stereocenters. The molecule has 0 radical (unpaired) electrons. The number of hydrogen-bond acceptors (Lipinski definition) is 3. The van der Waals surface area contributed by atoms with Crippen molar-refractivity contribution in [2.45, 2.75) is 19.5 Å². The number of benzene rings is 3. The molecule has 140 valence electrons. The summed E-state index contributed by atoms with van der Waals surface area (Å²) >= 11 is 0. The molecular formula is C23H24FNO2. The van der Waals surface area contributed by atoms with Gasteiger partial charge in [0.2, 0.25) is 0 Å². The van der Waals surface area contributed by atoms with E-state index in [1.54, 1.807) is 14.2 Å². The van der Waals surface area contributed by atoms with Crippen LogP contribution in [-0.4, -0.2) is 14.2 Å². The highest BCUT2D eigenvalue weighted by molar-refractivity contribution is 5.65. The summed E-state index contributed by atoms with van der Waals surface area (Å²) in [6, 6.07) is 20.8. The molecule has 0 aromatic heterocycles. The molecule has 1 N–H and O–H groups in total. The summed E-state index contributed by atoms with van der Waals surface area (Å²) in [5, 5.41) is 3.49. The molecule has 3 nitrogen and oxygen atoms in total. The second-order valence-electron chi connectivity index (χ2n) is 6.42. The third-order valence-electron chi connectivity index (χ3n) is 4.66. The lowest BCUT2D eigenvalue weighted by Crippen LogP contribution is -2.18. The summed E-state index contributed by atoms with van der Waals surface area (Å²) in [5.41, 5.74) is 3.63. The van der Waals surface area contributed by atoms with Gasteiger partial charge in [0.05, 0.1) is 14.2 Å². The molecule has 3 aromatic rings.